The molecule has 0 saturated heterocycles. The molecule has 0 fully saturated rings. The van der Waals surface area contributed by atoms with Crippen LogP contribution >= 0.6 is 24.0 Å². The number of unbranched alkanes of at least 4 members (excludes halogenated alkanes) is 3. The average Bonchev–Trinajstić information content (AvgIpc) is 2.19. The monoisotopic (exact) mass is 264 g/mol. The van der Waals surface area contributed by atoms with Gasteiger partial charge in [-0.05, 0) is 18.9 Å². The lowest BCUT2D eigenvalue weighted by Gasteiger charge is -2.07. The molecular weight excluding hydrogens is 247 g/mol. The largest absolute Gasteiger partial charge is 0.427 e. The highest BCUT2D eigenvalue weighted by Crippen LogP contribution is 2.10. The first-order valence-corrected chi connectivity index (χ1v) is 5.68. The number of pyridine rings is 1. The van der Waals surface area contributed by atoms with E-state index in [-0.39, 0.29) is 17.9 Å². The summed E-state index contributed by atoms with van der Waals surface area (Å²) in [5.74, 6) is 0. The van der Waals surface area contributed by atoms with Crippen molar-refractivity contribution in [2.45, 2.75) is 39.0 Å². The van der Waals surface area contributed by atoms with Crippen LogP contribution in [-0.2, 0) is 6.42 Å². The molecule has 2 N–H and O–H groups in total. The van der Waals surface area contributed by atoms with E-state index in [2.05, 4.69) is 6.92 Å². The van der Waals surface area contributed by atoms with Gasteiger partial charge in [0.15, 0.2) is 5.49 Å². The Morgan fingerprint density at radius 3 is 2.62 bits per heavy atom. The Kier molecular flexibility index (Phi) is 7.26. The van der Waals surface area contributed by atoms with Gasteiger partial charge in [0, 0.05) is 11.1 Å². The summed E-state index contributed by atoms with van der Waals surface area (Å²) in [5.41, 5.74) is 0.747. The van der Waals surface area contributed by atoms with Crippen LogP contribution < -0.4 is 5.49 Å². The van der Waals surface area contributed by atoms with Gasteiger partial charge in [-0.1, -0.05) is 37.8 Å². The van der Waals surface area contributed by atoms with E-state index in [4.69, 9.17) is 17.0 Å². The molecule has 0 aromatic carbocycles. The quantitative estimate of drug-likeness (QED) is 0.622. The summed E-state index contributed by atoms with van der Waals surface area (Å²) >= 11 is 5.82. The third kappa shape index (κ3) is 4.45. The number of hydrogen-bond acceptors (Lipinski definition) is 2. The lowest BCUT2D eigenvalue weighted by molar-refractivity contribution is 0.160. The van der Waals surface area contributed by atoms with Gasteiger partial charge in [0.1, 0.15) is 0 Å². The summed E-state index contributed by atoms with van der Waals surface area (Å²) < 4.78 is 0.901. The van der Waals surface area contributed by atoms with E-state index in [0.29, 0.717) is 10.7 Å². The molecule has 92 valence electrons. The van der Waals surface area contributed by atoms with Crippen molar-refractivity contribution < 1.29 is 5.21 Å². The fraction of sp³-hybridized carbons (Fsp3) is 0.545. The highest BCUT2D eigenvalue weighted by Gasteiger charge is 2.02. The summed E-state index contributed by atoms with van der Waals surface area (Å²) in [4.78, 5) is 0. The molecule has 0 aliphatic carbocycles. The van der Waals surface area contributed by atoms with E-state index in [1.807, 2.05) is 0 Å². The van der Waals surface area contributed by atoms with Gasteiger partial charge in [-0.2, -0.15) is 4.73 Å². The molecule has 1 aromatic rings. The van der Waals surface area contributed by atoms with Gasteiger partial charge in [-0.3, -0.25) is 5.41 Å². The van der Waals surface area contributed by atoms with Crippen LogP contribution in [0.5, 0.6) is 0 Å². The van der Waals surface area contributed by atoms with E-state index in [1.54, 1.807) is 6.07 Å². The molecule has 0 amide bonds. The second kappa shape index (κ2) is 7.58. The van der Waals surface area contributed by atoms with E-state index < -0.39 is 0 Å². The molecule has 0 spiro atoms. The maximum atomic E-state index is 9.55. The molecule has 1 aromatic heterocycles. The molecule has 0 unspecified atom stereocenters. The smallest absolute Gasteiger partial charge is 0.162 e. The van der Waals surface area contributed by atoms with Crippen molar-refractivity contribution in [3.63, 3.8) is 0 Å². The number of nitrogens with zero attached hydrogens (tertiary/aromatic N) is 1. The van der Waals surface area contributed by atoms with Gasteiger partial charge in [0.2, 0.25) is 0 Å². The summed E-state index contributed by atoms with van der Waals surface area (Å²) in [5, 5.41) is 17.5. The zero-order valence-corrected chi connectivity index (χ0v) is 10.9. The van der Waals surface area contributed by atoms with Crippen LogP contribution in [0.25, 0.3) is 0 Å². The van der Waals surface area contributed by atoms with Gasteiger partial charge >= 0.3 is 0 Å². The fourth-order valence-electron chi connectivity index (χ4n) is 1.52. The SMILES string of the molecule is CCCCCCc1cc(Cl)cc(=N)n1O.Cl. The zero-order valence-electron chi connectivity index (χ0n) is 9.37. The van der Waals surface area contributed by atoms with E-state index in [9.17, 15) is 5.21 Å². The summed E-state index contributed by atoms with van der Waals surface area (Å²) in [7, 11) is 0. The molecular formula is C11H18Cl2N2O. The highest BCUT2D eigenvalue weighted by molar-refractivity contribution is 6.30. The molecule has 0 bridgehead atoms. The Morgan fingerprint density at radius 2 is 2.00 bits per heavy atom. The first-order valence-electron chi connectivity index (χ1n) is 5.30. The Labute approximate surface area is 107 Å². The Balaban J connectivity index is 0.00000225. The van der Waals surface area contributed by atoms with Crippen molar-refractivity contribution in [2.24, 2.45) is 0 Å². The van der Waals surface area contributed by atoms with Gasteiger partial charge in [0.05, 0.1) is 5.69 Å². The van der Waals surface area contributed by atoms with Crippen molar-refractivity contribution in [1.82, 2.24) is 4.73 Å². The lowest BCUT2D eigenvalue weighted by atomic mass is 10.1. The number of halogens is 2. The van der Waals surface area contributed by atoms with E-state index in [1.165, 1.54) is 18.9 Å². The predicted molar refractivity (Wildman–Crippen MR) is 67.6 cm³/mol. The molecule has 1 rings (SSSR count). The predicted octanol–water partition coefficient (Wildman–Crippen LogP) is 3.40. The summed E-state index contributed by atoms with van der Waals surface area (Å²) in [6.45, 7) is 2.16. The van der Waals surface area contributed by atoms with Crippen LogP contribution in [-0.4, -0.2) is 9.94 Å². The van der Waals surface area contributed by atoms with Crippen LogP contribution in [0.15, 0.2) is 12.1 Å². The van der Waals surface area contributed by atoms with Crippen molar-refractivity contribution >= 4 is 24.0 Å². The number of aryl methyl sites for hydroxylation is 1. The van der Waals surface area contributed by atoms with Crippen LogP contribution in [0, 0.1) is 5.41 Å². The van der Waals surface area contributed by atoms with Gasteiger partial charge in [0.25, 0.3) is 0 Å². The normalized spacial score (nSPS) is 9.88. The average molecular weight is 265 g/mol. The van der Waals surface area contributed by atoms with Crippen LogP contribution in [0.3, 0.4) is 0 Å². The fourth-order valence-corrected chi connectivity index (χ4v) is 1.75. The first-order chi connectivity index (χ1) is 7.15. The minimum Gasteiger partial charge on any atom is -0.427 e. The number of rotatable bonds is 5. The molecule has 0 radical (unpaired) electrons. The molecule has 3 nitrogen and oxygen atoms in total. The topological polar surface area (TPSA) is 49.0 Å². The molecule has 16 heavy (non-hydrogen) atoms. The Bertz CT molecular complexity index is 377. The third-order valence-electron chi connectivity index (χ3n) is 2.37. The first kappa shape index (κ1) is 15.3. The second-order valence-corrected chi connectivity index (χ2v) is 4.11. The Morgan fingerprint density at radius 1 is 1.31 bits per heavy atom. The molecule has 0 aliphatic rings. The Hall–Kier alpha value is -0.670. The molecule has 0 saturated carbocycles. The van der Waals surface area contributed by atoms with Crippen LogP contribution in [0.4, 0.5) is 0 Å². The third-order valence-corrected chi connectivity index (χ3v) is 2.58. The molecule has 0 aliphatic heterocycles. The van der Waals surface area contributed by atoms with Crippen LogP contribution in [0.1, 0.15) is 38.3 Å². The van der Waals surface area contributed by atoms with E-state index in [0.717, 1.165) is 24.0 Å². The number of nitrogens with one attached hydrogen (secondary N) is 1. The molecule has 0 atom stereocenters. The summed E-state index contributed by atoms with van der Waals surface area (Å²) in [6, 6.07) is 3.14. The molecule has 1 heterocycles. The van der Waals surface area contributed by atoms with Crippen molar-refractivity contribution in [3.05, 3.63) is 28.3 Å². The number of aromatic nitrogens is 1. The van der Waals surface area contributed by atoms with Gasteiger partial charge in [-0.25, -0.2) is 0 Å². The minimum atomic E-state index is 0. The lowest BCUT2D eigenvalue weighted by Crippen LogP contribution is -2.20. The highest BCUT2D eigenvalue weighted by atomic mass is 35.5. The second-order valence-electron chi connectivity index (χ2n) is 3.67. The van der Waals surface area contributed by atoms with E-state index >= 15 is 0 Å². The maximum Gasteiger partial charge on any atom is 0.162 e. The summed E-state index contributed by atoms with van der Waals surface area (Å²) in [6.07, 6.45) is 5.34. The minimum absolute atomic E-state index is 0. The van der Waals surface area contributed by atoms with Crippen molar-refractivity contribution in [3.8, 4) is 0 Å². The van der Waals surface area contributed by atoms with Crippen molar-refractivity contribution in [2.75, 3.05) is 0 Å². The van der Waals surface area contributed by atoms with Crippen LogP contribution in [0.2, 0.25) is 5.02 Å². The maximum absolute atomic E-state index is 9.55. The molecule has 5 heteroatoms. The van der Waals surface area contributed by atoms with Gasteiger partial charge < -0.3 is 5.21 Å². The number of hydrogen-bond donors (Lipinski definition) is 2. The van der Waals surface area contributed by atoms with Gasteiger partial charge in [-0.15, -0.1) is 12.4 Å². The standard InChI is InChI=1S/C11H17ClN2O.ClH/c1-2-3-4-5-6-10-7-9(12)8-11(13)14(10)15;/h7-8,13,15H,2-6H2,1H3;1H. The van der Waals surface area contributed by atoms with Crippen molar-refractivity contribution in [1.29, 1.82) is 5.41 Å². The zero-order chi connectivity index (χ0) is 11.3.